The molecule has 1 aromatic carbocycles. The zero-order valence-electron chi connectivity index (χ0n) is 15.2. The van der Waals surface area contributed by atoms with Gasteiger partial charge in [-0.15, -0.1) is 0 Å². The number of ether oxygens (including phenoxy) is 1. The fourth-order valence-electron chi connectivity index (χ4n) is 5.92. The predicted octanol–water partition coefficient (Wildman–Crippen LogP) is 3.76. The summed E-state index contributed by atoms with van der Waals surface area (Å²) in [6, 6.07) is 6.73. The number of benzene rings is 1. The van der Waals surface area contributed by atoms with Gasteiger partial charge in [0.25, 0.3) is 0 Å². The number of carbonyl (C=O) groups excluding carboxylic acids is 2. The Bertz CT molecular complexity index is 682. The molecule has 4 bridgehead atoms. The summed E-state index contributed by atoms with van der Waals surface area (Å²) in [6.07, 6.45) is 7.14. The maximum Gasteiger partial charge on any atom is 0.328 e. The first kappa shape index (κ1) is 17.8. The summed E-state index contributed by atoms with van der Waals surface area (Å²) in [5, 5.41) is 3.63. The molecular weight excluding hydrogens is 350 g/mol. The van der Waals surface area contributed by atoms with Crippen LogP contribution in [0.5, 0.6) is 0 Å². The number of halogens is 1. The molecule has 4 nitrogen and oxygen atoms in total. The second kappa shape index (κ2) is 6.88. The number of methoxy groups -OCH3 is 1. The number of carbonyl (C=O) groups is 2. The Labute approximate surface area is 159 Å². The SMILES string of the molecule is COC(=O)[C@H](Cc1ccccc1Cl)NC(=O)C12CC3CC(CC(C3)C1)C2. The summed E-state index contributed by atoms with van der Waals surface area (Å²) in [7, 11) is 1.36. The third-order valence-corrected chi connectivity index (χ3v) is 7.06. The summed E-state index contributed by atoms with van der Waals surface area (Å²) in [5.41, 5.74) is 0.567. The Balaban J connectivity index is 1.51. The van der Waals surface area contributed by atoms with Gasteiger partial charge in [-0.25, -0.2) is 4.79 Å². The molecule has 4 saturated carbocycles. The van der Waals surface area contributed by atoms with E-state index in [4.69, 9.17) is 16.3 Å². The standard InChI is InChI=1S/C21H26ClNO3/c1-26-19(24)18(9-16-4-2-3-5-17(16)22)23-20(25)21-10-13-6-14(11-21)8-15(7-13)12-21/h2-5,13-15,18H,6-12H2,1H3,(H,23,25)/t13?,14?,15?,18-,21?/m0/s1. The third-order valence-electron chi connectivity index (χ3n) is 6.69. The van der Waals surface area contributed by atoms with Crippen molar-refractivity contribution < 1.29 is 14.3 Å². The van der Waals surface area contributed by atoms with Crippen molar-refractivity contribution in [3.8, 4) is 0 Å². The van der Waals surface area contributed by atoms with E-state index in [1.807, 2.05) is 18.2 Å². The molecule has 1 aromatic rings. The molecule has 1 amide bonds. The molecule has 1 atom stereocenters. The Kier molecular flexibility index (Phi) is 4.72. The van der Waals surface area contributed by atoms with Gasteiger partial charge in [0.15, 0.2) is 0 Å². The lowest BCUT2D eigenvalue weighted by Crippen LogP contribution is -2.56. The van der Waals surface area contributed by atoms with Crippen molar-refractivity contribution in [2.24, 2.45) is 23.2 Å². The molecule has 0 heterocycles. The van der Waals surface area contributed by atoms with Crippen molar-refractivity contribution in [2.75, 3.05) is 7.11 Å². The predicted molar refractivity (Wildman–Crippen MR) is 99.7 cm³/mol. The van der Waals surface area contributed by atoms with Gasteiger partial charge in [-0.3, -0.25) is 4.79 Å². The summed E-state index contributed by atoms with van der Waals surface area (Å²) >= 11 is 6.24. The van der Waals surface area contributed by atoms with Crippen LogP contribution in [0.25, 0.3) is 0 Å². The third kappa shape index (κ3) is 3.24. The minimum atomic E-state index is -0.694. The van der Waals surface area contributed by atoms with Crippen molar-refractivity contribution >= 4 is 23.5 Å². The zero-order valence-corrected chi connectivity index (χ0v) is 15.9. The maximum absolute atomic E-state index is 13.3. The smallest absolute Gasteiger partial charge is 0.328 e. The van der Waals surface area contributed by atoms with Crippen LogP contribution < -0.4 is 5.32 Å². The van der Waals surface area contributed by atoms with Gasteiger partial charge >= 0.3 is 5.97 Å². The molecule has 0 radical (unpaired) electrons. The lowest BCUT2D eigenvalue weighted by molar-refractivity contribution is -0.152. The monoisotopic (exact) mass is 375 g/mol. The second-order valence-corrected chi connectivity index (χ2v) is 8.95. The quantitative estimate of drug-likeness (QED) is 0.797. The first-order chi connectivity index (χ1) is 12.5. The average molecular weight is 376 g/mol. The Morgan fingerprint density at radius 3 is 2.27 bits per heavy atom. The van der Waals surface area contributed by atoms with Gasteiger partial charge in [0.2, 0.25) is 5.91 Å². The Morgan fingerprint density at radius 2 is 1.73 bits per heavy atom. The van der Waals surface area contributed by atoms with Crippen molar-refractivity contribution in [1.82, 2.24) is 5.32 Å². The van der Waals surface area contributed by atoms with E-state index in [2.05, 4.69) is 5.32 Å². The summed E-state index contributed by atoms with van der Waals surface area (Å²) < 4.78 is 4.95. The van der Waals surface area contributed by atoms with Crippen LogP contribution in [0.1, 0.15) is 44.1 Å². The minimum absolute atomic E-state index is 0.0408. The topological polar surface area (TPSA) is 55.4 Å². The van der Waals surface area contributed by atoms with E-state index in [1.54, 1.807) is 6.07 Å². The lowest BCUT2D eigenvalue weighted by atomic mass is 9.49. The fraction of sp³-hybridized carbons (Fsp3) is 0.619. The van der Waals surface area contributed by atoms with Crippen molar-refractivity contribution in [3.63, 3.8) is 0 Å². The largest absolute Gasteiger partial charge is 0.467 e. The van der Waals surface area contributed by atoms with Crippen LogP contribution in [0.2, 0.25) is 5.02 Å². The lowest BCUT2D eigenvalue weighted by Gasteiger charge is -2.55. The van der Waals surface area contributed by atoms with Crippen LogP contribution in [0.3, 0.4) is 0 Å². The van der Waals surface area contributed by atoms with Crippen LogP contribution in [0.4, 0.5) is 0 Å². The molecule has 0 aromatic heterocycles. The van der Waals surface area contributed by atoms with E-state index in [1.165, 1.54) is 26.4 Å². The van der Waals surface area contributed by atoms with Gasteiger partial charge in [0, 0.05) is 16.9 Å². The van der Waals surface area contributed by atoms with E-state index in [9.17, 15) is 9.59 Å². The maximum atomic E-state index is 13.3. The van der Waals surface area contributed by atoms with Gasteiger partial charge in [-0.1, -0.05) is 29.8 Å². The molecule has 0 unspecified atom stereocenters. The number of hydrogen-bond acceptors (Lipinski definition) is 3. The fourth-order valence-corrected chi connectivity index (χ4v) is 6.13. The van der Waals surface area contributed by atoms with Crippen LogP contribution in [0, 0.1) is 23.2 Å². The molecule has 1 N–H and O–H groups in total. The molecule has 140 valence electrons. The number of rotatable bonds is 5. The Hall–Kier alpha value is -1.55. The number of esters is 1. The van der Waals surface area contributed by atoms with E-state index in [0.29, 0.717) is 29.2 Å². The molecule has 4 fully saturated rings. The van der Waals surface area contributed by atoms with Crippen LogP contribution in [-0.2, 0) is 20.7 Å². The molecule has 0 spiro atoms. The molecular formula is C21H26ClNO3. The van der Waals surface area contributed by atoms with Gasteiger partial charge in [0.1, 0.15) is 6.04 Å². The van der Waals surface area contributed by atoms with E-state index >= 15 is 0 Å². The van der Waals surface area contributed by atoms with E-state index in [0.717, 1.165) is 24.8 Å². The molecule has 5 rings (SSSR count). The second-order valence-electron chi connectivity index (χ2n) is 8.54. The summed E-state index contributed by atoms with van der Waals surface area (Å²) in [6.45, 7) is 0. The molecule has 4 aliphatic rings. The van der Waals surface area contributed by atoms with Crippen LogP contribution >= 0.6 is 11.6 Å². The normalized spacial score (nSPS) is 32.9. The van der Waals surface area contributed by atoms with E-state index < -0.39 is 12.0 Å². The highest BCUT2D eigenvalue weighted by Crippen LogP contribution is 2.60. The molecule has 0 aliphatic heterocycles. The molecule has 4 aliphatic carbocycles. The Morgan fingerprint density at radius 1 is 1.15 bits per heavy atom. The minimum Gasteiger partial charge on any atom is -0.467 e. The number of nitrogens with one attached hydrogen (secondary N) is 1. The first-order valence-corrected chi connectivity index (χ1v) is 9.99. The summed E-state index contributed by atoms with van der Waals surface area (Å²) in [5.74, 6) is 1.69. The van der Waals surface area contributed by atoms with Crippen molar-refractivity contribution in [2.45, 2.75) is 51.0 Å². The van der Waals surface area contributed by atoms with Gasteiger partial charge in [0.05, 0.1) is 7.11 Å². The average Bonchev–Trinajstić information content (AvgIpc) is 2.61. The summed E-state index contributed by atoms with van der Waals surface area (Å²) in [4.78, 5) is 25.6. The van der Waals surface area contributed by atoms with Crippen molar-refractivity contribution in [3.05, 3.63) is 34.9 Å². The highest BCUT2D eigenvalue weighted by Gasteiger charge is 2.55. The van der Waals surface area contributed by atoms with Crippen LogP contribution in [-0.4, -0.2) is 25.0 Å². The molecule has 5 heteroatoms. The highest BCUT2D eigenvalue weighted by atomic mass is 35.5. The molecule has 0 saturated heterocycles. The number of hydrogen-bond donors (Lipinski definition) is 1. The highest BCUT2D eigenvalue weighted by molar-refractivity contribution is 6.31. The van der Waals surface area contributed by atoms with Crippen LogP contribution in [0.15, 0.2) is 24.3 Å². The first-order valence-electron chi connectivity index (χ1n) is 9.61. The van der Waals surface area contributed by atoms with Gasteiger partial charge < -0.3 is 10.1 Å². The van der Waals surface area contributed by atoms with Gasteiger partial charge in [-0.05, 0) is 67.9 Å². The van der Waals surface area contributed by atoms with E-state index in [-0.39, 0.29) is 11.3 Å². The number of amides is 1. The van der Waals surface area contributed by atoms with Crippen molar-refractivity contribution in [1.29, 1.82) is 0 Å². The zero-order chi connectivity index (χ0) is 18.3. The molecule has 26 heavy (non-hydrogen) atoms. The van der Waals surface area contributed by atoms with Gasteiger partial charge in [-0.2, -0.15) is 0 Å².